The van der Waals surface area contributed by atoms with Crippen LogP contribution in [0.2, 0.25) is 0 Å². The molecule has 0 aliphatic rings. The molecule has 0 fully saturated rings. The second-order valence-electron chi connectivity index (χ2n) is 2.79. The Hall–Kier alpha value is -1.22. The number of hydrogen-bond acceptors (Lipinski definition) is 5. The van der Waals surface area contributed by atoms with Gasteiger partial charge in [-0.3, -0.25) is 4.79 Å². The van der Waals surface area contributed by atoms with Crippen LogP contribution in [0.25, 0.3) is 0 Å². The summed E-state index contributed by atoms with van der Waals surface area (Å²) in [5.74, 6) is 0. The van der Waals surface area contributed by atoms with Crippen LogP contribution in [0.3, 0.4) is 0 Å². The standard InChI is InChI=1S/C7H4F3N3OS2/c8-7(9,10)4-2-15-5(12-4)1-13-6(14)16-3-11-13/h2-3H,1H2. The number of rotatable bonds is 2. The van der Waals surface area contributed by atoms with E-state index in [1.54, 1.807) is 0 Å². The van der Waals surface area contributed by atoms with Crippen LogP contribution in [0.4, 0.5) is 13.2 Å². The normalized spacial score (nSPS) is 11.9. The first-order chi connectivity index (χ1) is 7.47. The quantitative estimate of drug-likeness (QED) is 0.834. The zero-order chi connectivity index (χ0) is 11.8. The fraction of sp³-hybridized carbons (Fsp3) is 0.286. The maximum absolute atomic E-state index is 12.2. The molecule has 0 unspecified atom stereocenters. The van der Waals surface area contributed by atoms with Crippen molar-refractivity contribution in [2.24, 2.45) is 0 Å². The van der Waals surface area contributed by atoms with Crippen molar-refractivity contribution < 1.29 is 13.2 Å². The van der Waals surface area contributed by atoms with Gasteiger partial charge < -0.3 is 0 Å². The van der Waals surface area contributed by atoms with Crippen LogP contribution in [0, 0.1) is 0 Å². The first-order valence-corrected chi connectivity index (χ1v) is 5.75. The summed E-state index contributed by atoms with van der Waals surface area (Å²) in [5.41, 5.74) is 0.399. The molecule has 0 aromatic carbocycles. The Kier molecular flexibility index (Phi) is 2.80. The fourth-order valence-corrected chi connectivity index (χ4v) is 2.25. The summed E-state index contributed by atoms with van der Waals surface area (Å²) in [6, 6.07) is 0. The molecule has 2 rings (SSSR count). The molecule has 2 heterocycles. The maximum atomic E-state index is 12.2. The summed E-state index contributed by atoms with van der Waals surface area (Å²) in [4.78, 5) is 14.2. The minimum atomic E-state index is -4.44. The van der Waals surface area contributed by atoms with Crippen LogP contribution in [-0.4, -0.2) is 14.8 Å². The molecule has 2 aromatic rings. The molecule has 0 bridgehead atoms. The molecule has 0 saturated heterocycles. The van der Waals surface area contributed by atoms with E-state index in [-0.39, 0.29) is 16.4 Å². The topological polar surface area (TPSA) is 47.8 Å². The molecule has 2 aromatic heterocycles. The van der Waals surface area contributed by atoms with Gasteiger partial charge in [0.15, 0.2) is 5.69 Å². The minimum Gasteiger partial charge on any atom is -0.255 e. The lowest BCUT2D eigenvalue weighted by molar-refractivity contribution is -0.140. The highest BCUT2D eigenvalue weighted by atomic mass is 32.1. The predicted molar refractivity (Wildman–Crippen MR) is 52.6 cm³/mol. The van der Waals surface area contributed by atoms with Gasteiger partial charge in [0.2, 0.25) is 0 Å². The predicted octanol–water partition coefficient (Wildman–Crippen LogP) is 1.83. The molecule has 86 valence electrons. The molecule has 0 atom stereocenters. The molecule has 4 nitrogen and oxygen atoms in total. The molecule has 0 aliphatic heterocycles. The van der Waals surface area contributed by atoms with Crippen molar-refractivity contribution in [2.75, 3.05) is 0 Å². The second kappa shape index (κ2) is 3.98. The van der Waals surface area contributed by atoms with Crippen molar-refractivity contribution in [3.8, 4) is 0 Å². The highest BCUT2D eigenvalue weighted by molar-refractivity contribution is 7.09. The minimum absolute atomic E-state index is 0.0247. The Labute approximate surface area is 95.0 Å². The summed E-state index contributed by atoms with van der Waals surface area (Å²) in [5, 5.41) is 4.82. The Morgan fingerprint density at radius 3 is 2.62 bits per heavy atom. The van der Waals surface area contributed by atoms with E-state index in [2.05, 4.69) is 10.1 Å². The smallest absolute Gasteiger partial charge is 0.255 e. The van der Waals surface area contributed by atoms with Crippen LogP contribution < -0.4 is 4.87 Å². The van der Waals surface area contributed by atoms with Crippen molar-refractivity contribution >= 4 is 22.7 Å². The summed E-state index contributed by atoms with van der Waals surface area (Å²) < 4.78 is 37.7. The first-order valence-electron chi connectivity index (χ1n) is 3.99. The summed E-state index contributed by atoms with van der Waals surface area (Å²) >= 11 is 1.74. The Bertz CT molecular complexity index is 541. The van der Waals surface area contributed by atoms with Gasteiger partial charge in [-0.1, -0.05) is 11.3 Å². The molecule has 0 N–H and O–H groups in total. The number of thiazole rings is 1. The molecule has 16 heavy (non-hydrogen) atoms. The van der Waals surface area contributed by atoms with Gasteiger partial charge >= 0.3 is 11.0 Å². The molecule has 0 saturated carbocycles. The molecule has 0 spiro atoms. The van der Waals surface area contributed by atoms with Crippen LogP contribution in [0.1, 0.15) is 10.7 Å². The van der Waals surface area contributed by atoms with E-state index in [0.717, 1.165) is 32.7 Å². The zero-order valence-corrected chi connectivity index (χ0v) is 9.20. The SMILES string of the molecule is O=c1scnn1Cc1nc(C(F)(F)F)cs1. The van der Waals surface area contributed by atoms with Gasteiger partial charge in [-0.25, -0.2) is 9.67 Å². The van der Waals surface area contributed by atoms with Crippen molar-refractivity contribution in [1.29, 1.82) is 0 Å². The number of aromatic nitrogens is 3. The van der Waals surface area contributed by atoms with Gasteiger partial charge in [0, 0.05) is 5.38 Å². The summed E-state index contributed by atoms with van der Waals surface area (Å²) in [7, 11) is 0. The summed E-state index contributed by atoms with van der Waals surface area (Å²) in [6.45, 7) is -0.0247. The molecule has 0 aliphatic carbocycles. The van der Waals surface area contributed by atoms with Gasteiger partial charge in [0.05, 0.1) is 6.54 Å². The molecular weight excluding hydrogens is 263 g/mol. The number of alkyl halides is 3. The zero-order valence-electron chi connectivity index (χ0n) is 7.56. The van der Waals surface area contributed by atoms with E-state index >= 15 is 0 Å². The van der Waals surface area contributed by atoms with Crippen molar-refractivity contribution in [2.45, 2.75) is 12.7 Å². The van der Waals surface area contributed by atoms with Crippen molar-refractivity contribution in [1.82, 2.24) is 14.8 Å². The van der Waals surface area contributed by atoms with Crippen molar-refractivity contribution in [3.05, 3.63) is 31.3 Å². The van der Waals surface area contributed by atoms with E-state index in [1.165, 1.54) is 5.51 Å². The highest BCUT2D eigenvalue weighted by Gasteiger charge is 2.33. The van der Waals surface area contributed by atoms with E-state index in [1.807, 2.05) is 0 Å². The number of hydrogen-bond donors (Lipinski definition) is 0. The first kappa shape index (κ1) is 11.3. The van der Waals surface area contributed by atoms with E-state index in [4.69, 9.17) is 0 Å². The Morgan fingerprint density at radius 1 is 1.38 bits per heavy atom. The third-order valence-corrected chi connectivity index (χ3v) is 3.12. The number of halogens is 3. The third-order valence-electron chi connectivity index (χ3n) is 1.68. The van der Waals surface area contributed by atoms with E-state index in [0.29, 0.717) is 0 Å². The largest absolute Gasteiger partial charge is 0.434 e. The van der Waals surface area contributed by atoms with Gasteiger partial charge in [-0.05, 0) is 0 Å². The average molecular weight is 267 g/mol. The van der Waals surface area contributed by atoms with Crippen LogP contribution in [0.5, 0.6) is 0 Å². The second-order valence-corrected chi connectivity index (χ2v) is 4.52. The maximum Gasteiger partial charge on any atom is 0.434 e. The lowest BCUT2D eigenvalue weighted by atomic mass is 10.5. The van der Waals surface area contributed by atoms with E-state index in [9.17, 15) is 18.0 Å². The monoisotopic (exact) mass is 267 g/mol. The number of nitrogens with zero attached hydrogens (tertiary/aromatic N) is 3. The lowest BCUT2D eigenvalue weighted by Crippen LogP contribution is -2.15. The third kappa shape index (κ3) is 2.30. The van der Waals surface area contributed by atoms with E-state index < -0.39 is 11.9 Å². The van der Waals surface area contributed by atoms with Crippen LogP contribution in [-0.2, 0) is 12.7 Å². The molecule has 0 radical (unpaired) electrons. The van der Waals surface area contributed by atoms with Gasteiger partial charge in [-0.2, -0.15) is 18.3 Å². The molecule has 9 heteroatoms. The van der Waals surface area contributed by atoms with Crippen molar-refractivity contribution in [3.63, 3.8) is 0 Å². The van der Waals surface area contributed by atoms with Crippen LogP contribution >= 0.6 is 22.7 Å². The van der Waals surface area contributed by atoms with Crippen LogP contribution in [0.15, 0.2) is 15.7 Å². The van der Waals surface area contributed by atoms with Gasteiger partial charge in [0.1, 0.15) is 10.5 Å². The fourth-order valence-electron chi connectivity index (χ4n) is 0.981. The van der Waals surface area contributed by atoms with Gasteiger partial charge in [-0.15, -0.1) is 11.3 Å². The molecular formula is C7H4F3N3OS2. The van der Waals surface area contributed by atoms with Gasteiger partial charge in [0.25, 0.3) is 0 Å². The average Bonchev–Trinajstić information content (AvgIpc) is 2.76. The summed E-state index contributed by atoms with van der Waals surface area (Å²) in [6.07, 6.45) is -4.44. The Balaban J connectivity index is 2.21. The Morgan fingerprint density at radius 2 is 2.12 bits per heavy atom. The molecule has 0 amide bonds. The highest BCUT2D eigenvalue weighted by Crippen LogP contribution is 2.29. The lowest BCUT2D eigenvalue weighted by Gasteiger charge is -1.99.